The van der Waals surface area contributed by atoms with Crippen molar-refractivity contribution in [3.8, 4) is 0 Å². The molecule has 120 valence electrons. The summed E-state index contributed by atoms with van der Waals surface area (Å²) in [5.74, 6) is -14.3. The fourth-order valence-corrected chi connectivity index (χ4v) is 0.520. The highest BCUT2D eigenvalue weighted by molar-refractivity contribution is 5.78. The van der Waals surface area contributed by atoms with Crippen LogP contribution in [0.1, 0.15) is 0 Å². The molecular weight excluding hydrogens is 318 g/mol. The largest absolute Gasteiger partial charge is 0.478 e. The number of aliphatic carboxylic acids is 1. The van der Waals surface area contributed by atoms with Crippen molar-refractivity contribution in [2.45, 2.75) is 30.6 Å². The summed E-state index contributed by atoms with van der Waals surface area (Å²) < 4.78 is 116. The van der Waals surface area contributed by atoms with Crippen molar-refractivity contribution in [3.63, 3.8) is 0 Å². The van der Waals surface area contributed by atoms with Crippen LogP contribution >= 0.6 is 0 Å². The maximum Gasteiger partial charge on any atom is 0.459 e. The Hall–Kier alpha value is -1.49. The molecule has 0 heterocycles. The molecule has 0 aliphatic rings. The number of carboxylic acid groups (broad SMARTS) is 1. The van der Waals surface area contributed by atoms with Gasteiger partial charge in [0.2, 0.25) is 6.17 Å². The summed E-state index contributed by atoms with van der Waals surface area (Å²) in [6.07, 6.45) is -15.5. The van der Waals surface area contributed by atoms with Crippen LogP contribution in [0.5, 0.6) is 0 Å². The molecule has 0 radical (unpaired) electrons. The van der Waals surface area contributed by atoms with E-state index in [0.717, 1.165) is 6.08 Å². The topological polar surface area (TPSA) is 37.3 Å². The molecule has 20 heavy (non-hydrogen) atoms. The van der Waals surface area contributed by atoms with Crippen molar-refractivity contribution in [1.82, 2.24) is 0 Å². The van der Waals surface area contributed by atoms with Gasteiger partial charge in [0.15, 0.2) is 0 Å². The molecule has 0 rings (SSSR count). The predicted octanol–water partition coefficient (Wildman–Crippen LogP) is 3.68. The molecule has 0 aromatic heterocycles. The number of alkyl halides is 10. The van der Waals surface area contributed by atoms with E-state index in [9.17, 15) is 48.7 Å². The highest BCUT2D eigenvalue weighted by Crippen LogP contribution is 2.49. The molecule has 0 aliphatic heterocycles. The average molecular weight is 324 g/mol. The average Bonchev–Trinajstić information content (AvgIpc) is 2.26. The first-order chi connectivity index (χ1) is 8.62. The Morgan fingerprint density at radius 3 is 1.45 bits per heavy atom. The summed E-state index contributed by atoms with van der Waals surface area (Å²) in [6.45, 7) is 2.96. The first kappa shape index (κ1) is 20.8. The Labute approximate surface area is 104 Å². The van der Waals surface area contributed by atoms with Gasteiger partial charge in [-0.15, -0.1) is 0 Å². The second kappa shape index (κ2) is 6.79. The number of halogens is 10. The molecule has 0 fully saturated rings. The first-order valence-electron chi connectivity index (χ1n) is 4.22. The van der Waals surface area contributed by atoms with Crippen molar-refractivity contribution in [2.24, 2.45) is 0 Å². The van der Waals surface area contributed by atoms with Gasteiger partial charge in [0.1, 0.15) is 0 Å². The smallest absolute Gasteiger partial charge is 0.459 e. The Balaban J connectivity index is 0. The Kier molecular flexibility index (Phi) is 7.07. The Morgan fingerprint density at radius 1 is 1.00 bits per heavy atom. The van der Waals surface area contributed by atoms with E-state index in [1.165, 1.54) is 0 Å². The molecule has 0 bridgehead atoms. The quantitative estimate of drug-likeness (QED) is 0.633. The van der Waals surface area contributed by atoms with Crippen LogP contribution in [0.4, 0.5) is 43.9 Å². The van der Waals surface area contributed by atoms with Gasteiger partial charge in [-0.1, -0.05) is 6.58 Å². The SMILES string of the molecule is C=CC(=O)O.FC(F)C(F)C(F)(F)C(F)(F)C(F)(F)F. The first-order valence-corrected chi connectivity index (χ1v) is 4.22. The molecule has 0 aliphatic carbocycles. The molecule has 0 aromatic rings. The van der Waals surface area contributed by atoms with Crippen LogP contribution < -0.4 is 0 Å². The molecule has 1 N–H and O–H groups in total. The third-order valence-corrected chi connectivity index (χ3v) is 1.52. The maximum absolute atomic E-state index is 12.0. The Morgan fingerprint density at radius 2 is 1.30 bits per heavy atom. The molecule has 0 saturated heterocycles. The maximum atomic E-state index is 12.0. The summed E-state index contributed by atoms with van der Waals surface area (Å²) in [4.78, 5) is 9.25. The van der Waals surface area contributed by atoms with Crippen LogP contribution in [0, 0.1) is 0 Å². The number of rotatable bonds is 4. The normalized spacial score (nSPS) is 14.3. The molecule has 0 aromatic carbocycles. The van der Waals surface area contributed by atoms with Crippen LogP contribution in [0.15, 0.2) is 12.7 Å². The van der Waals surface area contributed by atoms with Gasteiger partial charge in [0.05, 0.1) is 0 Å². The molecule has 1 atom stereocenters. The molecule has 0 amide bonds. The minimum Gasteiger partial charge on any atom is -0.478 e. The van der Waals surface area contributed by atoms with Gasteiger partial charge < -0.3 is 5.11 Å². The van der Waals surface area contributed by atoms with Gasteiger partial charge >= 0.3 is 24.0 Å². The standard InChI is InChI=1S/C5H2F10.C3H4O2/c6-1(2(7)8)3(9,10)4(11,12)5(13,14)15;1-2-3(4)5/h1-2H;2H,1H2,(H,4,5). The summed E-state index contributed by atoms with van der Waals surface area (Å²) in [5, 5.41) is 7.60. The van der Waals surface area contributed by atoms with Gasteiger partial charge in [0.25, 0.3) is 6.43 Å². The lowest BCUT2D eigenvalue weighted by atomic mass is 10.1. The summed E-state index contributed by atoms with van der Waals surface area (Å²) >= 11 is 0. The van der Waals surface area contributed by atoms with Gasteiger partial charge in [-0.3, -0.25) is 0 Å². The number of hydrogen-bond acceptors (Lipinski definition) is 1. The molecule has 12 heteroatoms. The minimum absolute atomic E-state index is 0.833. The van der Waals surface area contributed by atoms with Crippen molar-refractivity contribution in [3.05, 3.63) is 12.7 Å². The monoisotopic (exact) mass is 324 g/mol. The third-order valence-electron chi connectivity index (χ3n) is 1.52. The van der Waals surface area contributed by atoms with Crippen LogP contribution in [-0.4, -0.2) is 41.7 Å². The minimum atomic E-state index is -6.85. The fraction of sp³-hybridized carbons (Fsp3) is 0.625. The zero-order valence-electron chi connectivity index (χ0n) is 9.07. The molecule has 0 spiro atoms. The molecular formula is C8H6F10O2. The van der Waals surface area contributed by atoms with E-state index in [1.807, 2.05) is 0 Å². The predicted molar refractivity (Wildman–Crippen MR) is 44.7 cm³/mol. The second-order valence-corrected chi connectivity index (χ2v) is 2.97. The number of carbonyl (C=O) groups is 1. The molecule has 0 saturated carbocycles. The Bertz CT molecular complexity index is 335. The summed E-state index contributed by atoms with van der Waals surface area (Å²) in [7, 11) is 0. The fourth-order valence-electron chi connectivity index (χ4n) is 0.520. The van der Waals surface area contributed by atoms with Crippen molar-refractivity contribution >= 4 is 5.97 Å². The van der Waals surface area contributed by atoms with E-state index >= 15 is 0 Å². The van der Waals surface area contributed by atoms with E-state index in [2.05, 4.69) is 6.58 Å². The van der Waals surface area contributed by atoms with E-state index in [-0.39, 0.29) is 0 Å². The number of carboxylic acids is 1. The van der Waals surface area contributed by atoms with E-state index in [0.29, 0.717) is 0 Å². The van der Waals surface area contributed by atoms with Crippen LogP contribution in [0.3, 0.4) is 0 Å². The summed E-state index contributed by atoms with van der Waals surface area (Å²) in [5.41, 5.74) is 0. The zero-order chi connectivity index (χ0) is 16.9. The van der Waals surface area contributed by atoms with Crippen molar-refractivity contribution < 1.29 is 53.8 Å². The second-order valence-electron chi connectivity index (χ2n) is 2.97. The lowest BCUT2D eigenvalue weighted by molar-refractivity contribution is -0.371. The molecule has 2 nitrogen and oxygen atoms in total. The van der Waals surface area contributed by atoms with E-state index in [4.69, 9.17) is 5.11 Å². The van der Waals surface area contributed by atoms with Gasteiger partial charge in [-0.25, -0.2) is 18.0 Å². The van der Waals surface area contributed by atoms with Crippen molar-refractivity contribution in [1.29, 1.82) is 0 Å². The van der Waals surface area contributed by atoms with Gasteiger partial charge in [-0.2, -0.15) is 30.7 Å². The summed E-state index contributed by atoms with van der Waals surface area (Å²) in [6, 6.07) is 0. The van der Waals surface area contributed by atoms with Crippen LogP contribution in [0.2, 0.25) is 0 Å². The van der Waals surface area contributed by atoms with E-state index in [1.54, 1.807) is 0 Å². The van der Waals surface area contributed by atoms with E-state index < -0.39 is 36.6 Å². The lowest BCUT2D eigenvalue weighted by Crippen LogP contribution is -2.58. The third kappa shape index (κ3) is 4.89. The number of hydrogen-bond donors (Lipinski definition) is 1. The van der Waals surface area contributed by atoms with Crippen LogP contribution in [0.25, 0.3) is 0 Å². The zero-order valence-corrected chi connectivity index (χ0v) is 9.07. The molecule has 1 unspecified atom stereocenters. The highest BCUT2D eigenvalue weighted by atomic mass is 19.4. The van der Waals surface area contributed by atoms with Gasteiger partial charge in [0, 0.05) is 6.08 Å². The van der Waals surface area contributed by atoms with Gasteiger partial charge in [-0.05, 0) is 0 Å². The highest BCUT2D eigenvalue weighted by Gasteiger charge is 2.77. The lowest BCUT2D eigenvalue weighted by Gasteiger charge is -2.29. The van der Waals surface area contributed by atoms with Crippen molar-refractivity contribution in [2.75, 3.05) is 0 Å². The van der Waals surface area contributed by atoms with Crippen LogP contribution in [-0.2, 0) is 4.79 Å².